The highest BCUT2D eigenvalue weighted by Crippen LogP contribution is 2.29. The molecule has 120 valence electrons. The second-order valence-corrected chi connectivity index (χ2v) is 5.55. The maximum atomic E-state index is 12.1. The first-order valence-electron chi connectivity index (χ1n) is 7.33. The highest BCUT2D eigenvalue weighted by atomic mass is 16.2. The van der Waals surface area contributed by atoms with E-state index in [0.29, 0.717) is 5.82 Å². The second-order valence-electron chi connectivity index (χ2n) is 5.55. The third kappa shape index (κ3) is 3.47. The number of carbonyl (C=O) groups excluding carboxylic acids is 2. The summed E-state index contributed by atoms with van der Waals surface area (Å²) in [6, 6.07) is 5.91. The van der Waals surface area contributed by atoms with E-state index < -0.39 is 0 Å². The highest BCUT2D eigenvalue weighted by Gasteiger charge is 2.16. The molecule has 8 nitrogen and oxygen atoms in total. The van der Waals surface area contributed by atoms with Crippen LogP contribution in [0.4, 0.5) is 17.2 Å². The van der Waals surface area contributed by atoms with Crippen LogP contribution in [0.15, 0.2) is 24.4 Å². The zero-order valence-corrected chi connectivity index (χ0v) is 13.0. The Morgan fingerprint density at radius 2 is 2.13 bits per heavy atom. The molecule has 2 amide bonds. The van der Waals surface area contributed by atoms with Crippen LogP contribution in [-0.4, -0.2) is 40.4 Å². The Bertz CT molecular complexity index is 754. The minimum Gasteiger partial charge on any atom is -0.374 e. The number of aromatic nitrogens is 3. The first-order chi connectivity index (χ1) is 11.0. The predicted molar refractivity (Wildman–Crippen MR) is 86.4 cm³/mol. The van der Waals surface area contributed by atoms with Gasteiger partial charge in [-0.05, 0) is 30.2 Å². The van der Waals surface area contributed by atoms with Crippen molar-refractivity contribution in [2.45, 2.75) is 19.9 Å². The first-order valence-corrected chi connectivity index (χ1v) is 7.33. The summed E-state index contributed by atoms with van der Waals surface area (Å²) in [6.45, 7) is 2.41. The minimum absolute atomic E-state index is 0.0313. The molecule has 0 unspecified atom stereocenters. The quantitative estimate of drug-likeness (QED) is 0.873. The molecule has 0 bridgehead atoms. The minimum atomic E-state index is -0.232. The molecule has 1 aromatic heterocycles. The molecular formula is C15H18N6O2. The topological polar surface area (TPSA) is 92.2 Å². The molecule has 0 radical (unpaired) electrons. The van der Waals surface area contributed by atoms with Crippen molar-refractivity contribution in [3.05, 3.63) is 30.0 Å². The van der Waals surface area contributed by atoms with E-state index in [0.717, 1.165) is 18.7 Å². The van der Waals surface area contributed by atoms with Crippen molar-refractivity contribution in [1.82, 2.24) is 15.0 Å². The third-order valence-electron chi connectivity index (χ3n) is 3.64. The molecule has 2 aromatic rings. The number of benzene rings is 1. The van der Waals surface area contributed by atoms with E-state index in [1.54, 1.807) is 0 Å². The average molecular weight is 314 g/mol. The highest BCUT2D eigenvalue weighted by molar-refractivity contribution is 5.91. The van der Waals surface area contributed by atoms with Crippen LogP contribution in [0, 0.1) is 0 Å². The van der Waals surface area contributed by atoms with Crippen LogP contribution >= 0.6 is 0 Å². The van der Waals surface area contributed by atoms with E-state index in [-0.39, 0.29) is 18.4 Å². The first kappa shape index (κ1) is 15.0. The van der Waals surface area contributed by atoms with E-state index >= 15 is 0 Å². The summed E-state index contributed by atoms with van der Waals surface area (Å²) in [6.07, 6.45) is 2.50. The molecule has 2 N–H and O–H groups in total. The molecule has 23 heavy (non-hydrogen) atoms. The molecule has 3 rings (SSSR count). The number of anilines is 3. The van der Waals surface area contributed by atoms with Crippen molar-refractivity contribution >= 4 is 29.0 Å². The van der Waals surface area contributed by atoms with E-state index in [1.165, 1.54) is 29.1 Å². The summed E-state index contributed by atoms with van der Waals surface area (Å²) in [5.41, 5.74) is 3.21. The van der Waals surface area contributed by atoms with Crippen LogP contribution in [-0.2, 0) is 22.6 Å². The number of hydrogen-bond acceptors (Lipinski definition) is 5. The van der Waals surface area contributed by atoms with Crippen LogP contribution in [0.3, 0.4) is 0 Å². The van der Waals surface area contributed by atoms with Crippen molar-refractivity contribution in [3.8, 4) is 0 Å². The van der Waals surface area contributed by atoms with Crippen LogP contribution < -0.4 is 15.5 Å². The van der Waals surface area contributed by atoms with Crippen molar-refractivity contribution in [2.75, 3.05) is 29.1 Å². The standard InChI is InChI=1S/C15H18N6O2/c1-10(22)16-14-8-21(19-18-14)9-15(23)17-12-3-4-13-11(7-12)5-6-20(13)2/h3-4,7-8H,5-6,9H2,1-2H3,(H,16,22)(H,17,23). The van der Waals surface area contributed by atoms with Crippen LogP contribution in [0.2, 0.25) is 0 Å². The Morgan fingerprint density at radius 3 is 2.91 bits per heavy atom. The zero-order valence-electron chi connectivity index (χ0n) is 13.0. The van der Waals surface area contributed by atoms with Crippen molar-refractivity contribution in [2.24, 2.45) is 0 Å². The normalized spacial score (nSPS) is 12.9. The lowest BCUT2D eigenvalue weighted by Crippen LogP contribution is -2.19. The third-order valence-corrected chi connectivity index (χ3v) is 3.64. The number of fused-ring (bicyclic) bond motifs is 1. The molecule has 0 spiro atoms. The van der Waals surface area contributed by atoms with Gasteiger partial charge >= 0.3 is 0 Å². The fourth-order valence-corrected chi connectivity index (χ4v) is 2.61. The fourth-order valence-electron chi connectivity index (χ4n) is 2.61. The van der Waals surface area contributed by atoms with Gasteiger partial charge in [-0.3, -0.25) is 9.59 Å². The maximum Gasteiger partial charge on any atom is 0.246 e. The van der Waals surface area contributed by atoms with Gasteiger partial charge in [0.2, 0.25) is 11.8 Å². The van der Waals surface area contributed by atoms with Crippen LogP contribution in [0.5, 0.6) is 0 Å². The maximum absolute atomic E-state index is 12.1. The Hall–Kier alpha value is -2.90. The number of carbonyl (C=O) groups is 2. The molecule has 1 aromatic carbocycles. The van der Waals surface area contributed by atoms with E-state index in [9.17, 15) is 9.59 Å². The average Bonchev–Trinajstić information content (AvgIpc) is 3.05. The van der Waals surface area contributed by atoms with Gasteiger partial charge in [0.15, 0.2) is 5.82 Å². The van der Waals surface area contributed by atoms with Gasteiger partial charge in [-0.15, -0.1) is 5.10 Å². The number of hydrogen-bond donors (Lipinski definition) is 2. The summed E-state index contributed by atoms with van der Waals surface area (Å²) in [7, 11) is 2.06. The summed E-state index contributed by atoms with van der Waals surface area (Å²) < 4.78 is 1.38. The Labute approximate surface area is 133 Å². The second kappa shape index (κ2) is 6.07. The van der Waals surface area contributed by atoms with Crippen molar-refractivity contribution in [1.29, 1.82) is 0 Å². The predicted octanol–water partition coefficient (Wildman–Crippen LogP) is 0.867. The van der Waals surface area contributed by atoms with Crippen LogP contribution in [0.1, 0.15) is 12.5 Å². The monoisotopic (exact) mass is 314 g/mol. The smallest absolute Gasteiger partial charge is 0.246 e. The molecule has 0 aliphatic carbocycles. The summed E-state index contributed by atoms with van der Waals surface area (Å²) in [5, 5.41) is 12.9. The number of likely N-dealkylation sites (N-methyl/N-ethyl adjacent to an activating group) is 1. The van der Waals surface area contributed by atoms with E-state index in [1.807, 2.05) is 18.2 Å². The number of amides is 2. The Morgan fingerprint density at radius 1 is 1.30 bits per heavy atom. The van der Waals surface area contributed by atoms with Crippen molar-refractivity contribution < 1.29 is 9.59 Å². The lowest BCUT2D eigenvalue weighted by atomic mass is 10.1. The molecule has 2 heterocycles. The van der Waals surface area contributed by atoms with Gasteiger partial charge in [0, 0.05) is 31.9 Å². The fraction of sp³-hybridized carbons (Fsp3) is 0.333. The number of nitrogens with one attached hydrogen (secondary N) is 2. The lowest BCUT2D eigenvalue weighted by molar-refractivity contribution is -0.117. The number of nitrogens with zero attached hydrogens (tertiary/aromatic N) is 4. The summed E-state index contributed by atoms with van der Waals surface area (Å²) in [4.78, 5) is 25.2. The molecule has 0 saturated carbocycles. The van der Waals surface area contributed by atoms with Crippen molar-refractivity contribution in [3.63, 3.8) is 0 Å². The van der Waals surface area contributed by atoms with Gasteiger partial charge in [-0.2, -0.15) is 0 Å². The van der Waals surface area contributed by atoms with E-state index in [2.05, 4.69) is 32.9 Å². The molecule has 0 fully saturated rings. The molecule has 0 atom stereocenters. The van der Waals surface area contributed by atoms with Gasteiger partial charge in [0.05, 0.1) is 6.20 Å². The number of rotatable bonds is 4. The summed E-state index contributed by atoms with van der Waals surface area (Å²) >= 11 is 0. The molecule has 0 saturated heterocycles. The molecular weight excluding hydrogens is 296 g/mol. The van der Waals surface area contributed by atoms with Gasteiger partial charge in [-0.1, -0.05) is 5.21 Å². The summed E-state index contributed by atoms with van der Waals surface area (Å²) in [5.74, 6) is -0.106. The lowest BCUT2D eigenvalue weighted by Gasteiger charge is -2.12. The van der Waals surface area contributed by atoms with Gasteiger partial charge in [-0.25, -0.2) is 4.68 Å². The van der Waals surface area contributed by atoms with E-state index in [4.69, 9.17) is 0 Å². The van der Waals surface area contributed by atoms with Gasteiger partial charge in [0.25, 0.3) is 0 Å². The largest absolute Gasteiger partial charge is 0.374 e. The Balaban J connectivity index is 1.61. The molecule has 1 aliphatic heterocycles. The zero-order chi connectivity index (χ0) is 16.4. The van der Waals surface area contributed by atoms with Gasteiger partial charge in [0.1, 0.15) is 6.54 Å². The van der Waals surface area contributed by atoms with Gasteiger partial charge < -0.3 is 15.5 Å². The van der Waals surface area contributed by atoms with Crippen LogP contribution in [0.25, 0.3) is 0 Å². The SMILES string of the molecule is CC(=O)Nc1cn(CC(=O)Nc2ccc3c(c2)CCN3C)nn1. The molecule has 1 aliphatic rings. The Kier molecular flexibility index (Phi) is 3.96. The molecule has 8 heteroatoms.